The van der Waals surface area contributed by atoms with Gasteiger partial charge in [-0.3, -0.25) is 0 Å². The fourth-order valence-electron chi connectivity index (χ4n) is 2.16. The molecule has 0 saturated carbocycles. The summed E-state index contributed by atoms with van der Waals surface area (Å²) in [6.07, 6.45) is 0.0332. The molecule has 2 rings (SSSR count). The summed E-state index contributed by atoms with van der Waals surface area (Å²) < 4.78 is 5.58. The number of ether oxygens (including phenoxy) is 1. The second-order valence-electron chi connectivity index (χ2n) is 4.25. The molecule has 0 fully saturated rings. The van der Waals surface area contributed by atoms with Gasteiger partial charge in [-0.1, -0.05) is 42.5 Å². The Hall–Kier alpha value is -1.38. The van der Waals surface area contributed by atoms with Gasteiger partial charge in [0.1, 0.15) is 0 Å². The van der Waals surface area contributed by atoms with E-state index >= 15 is 0 Å². The van der Waals surface area contributed by atoms with Gasteiger partial charge >= 0.3 is 0 Å². The molecular formula is C15H19NO. The quantitative estimate of drug-likeness (QED) is 0.873. The Morgan fingerprint density at radius 2 is 1.82 bits per heavy atom. The van der Waals surface area contributed by atoms with Gasteiger partial charge in [0.25, 0.3) is 0 Å². The largest absolute Gasteiger partial charge is 0.377 e. The summed E-state index contributed by atoms with van der Waals surface area (Å²) in [7, 11) is 0. The van der Waals surface area contributed by atoms with Crippen LogP contribution in [0.25, 0.3) is 10.8 Å². The van der Waals surface area contributed by atoms with E-state index in [1.165, 1.54) is 10.8 Å². The van der Waals surface area contributed by atoms with Crippen LogP contribution in [0.15, 0.2) is 42.5 Å². The number of rotatable bonds is 4. The second kappa shape index (κ2) is 5.30. The van der Waals surface area contributed by atoms with Crippen LogP contribution in [0.5, 0.6) is 0 Å². The van der Waals surface area contributed by atoms with Crippen molar-refractivity contribution >= 4 is 10.8 Å². The van der Waals surface area contributed by atoms with Gasteiger partial charge in [-0.2, -0.15) is 0 Å². The third kappa shape index (κ3) is 2.48. The number of fused-ring (bicyclic) bond motifs is 1. The Bertz CT molecular complexity index is 490. The van der Waals surface area contributed by atoms with Gasteiger partial charge in [-0.15, -0.1) is 0 Å². The maximum Gasteiger partial charge on any atom is 0.0739 e. The third-order valence-electron chi connectivity index (χ3n) is 3.12. The molecule has 0 aliphatic rings. The number of hydrogen-bond acceptors (Lipinski definition) is 2. The highest BCUT2D eigenvalue weighted by Gasteiger charge is 2.16. The monoisotopic (exact) mass is 229 g/mol. The number of nitrogens with two attached hydrogens (primary N) is 1. The molecule has 0 spiro atoms. The molecule has 2 aromatic rings. The first-order valence-corrected chi connectivity index (χ1v) is 6.09. The fourth-order valence-corrected chi connectivity index (χ4v) is 2.16. The highest BCUT2D eigenvalue weighted by molar-refractivity contribution is 5.86. The molecule has 0 aliphatic heterocycles. The van der Waals surface area contributed by atoms with Crippen LogP contribution in [-0.2, 0) is 4.74 Å². The number of hydrogen-bond donors (Lipinski definition) is 1. The first kappa shape index (κ1) is 12.1. The summed E-state index contributed by atoms with van der Waals surface area (Å²) >= 11 is 0. The average molecular weight is 229 g/mol. The van der Waals surface area contributed by atoms with Crippen molar-refractivity contribution in [1.29, 1.82) is 0 Å². The minimum absolute atomic E-state index is 0.0332. The molecule has 2 nitrogen and oxygen atoms in total. The summed E-state index contributed by atoms with van der Waals surface area (Å²) in [5, 5.41) is 2.44. The smallest absolute Gasteiger partial charge is 0.0739 e. The predicted octanol–water partition coefficient (Wildman–Crippen LogP) is 3.26. The molecule has 2 unspecified atom stereocenters. The van der Waals surface area contributed by atoms with Gasteiger partial charge in [0.2, 0.25) is 0 Å². The zero-order chi connectivity index (χ0) is 12.3. The Kier molecular flexibility index (Phi) is 3.77. The lowest BCUT2D eigenvalue weighted by molar-refractivity contribution is 0.0578. The molecule has 90 valence electrons. The molecule has 0 aromatic heterocycles. The molecule has 2 atom stereocenters. The van der Waals surface area contributed by atoms with Crippen LogP contribution in [0, 0.1) is 0 Å². The number of benzene rings is 2. The molecular weight excluding hydrogens is 210 g/mol. The van der Waals surface area contributed by atoms with Gasteiger partial charge in [-0.25, -0.2) is 0 Å². The Labute approximate surface area is 102 Å². The minimum Gasteiger partial charge on any atom is -0.377 e. The summed E-state index contributed by atoms with van der Waals surface area (Å²) in [6.45, 7) is 4.71. The van der Waals surface area contributed by atoms with E-state index in [2.05, 4.69) is 30.3 Å². The Morgan fingerprint density at radius 3 is 2.59 bits per heavy atom. The lowest BCUT2D eigenvalue weighted by Crippen LogP contribution is -2.26. The lowest BCUT2D eigenvalue weighted by atomic mass is 9.96. The Morgan fingerprint density at radius 1 is 1.12 bits per heavy atom. The zero-order valence-corrected chi connectivity index (χ0v) is 10.4. The van der Waals surface area contributed by atoms with Crippen LogP contribution >= 0.6 is 0 Å². The molecule has 2 N–H and O–H groups in total. The van der Waals surface area contributed by atoms with E-state index in [4.69, 9.17) is 10.5 Å². The summed E-state index contributed by atoms with van der Waals surface area (Å²) in [4.78, 5) is 0. The first-order chi connectivity index (χ1) is 8.24. The van der Waals surface area contributed by atoms with E-state index in [1.807, 2.05) is 26.0 Å². The first-order valence-electron chi connectivity index (χ1n) is 6.09. The van der Waals surface area contributed by atoms with Gasteiger partial charge < -0.3 is 10.5 Å². The van der Waals surface area contributed by atoms with E-state index in [0.29, 0.717) is 6.61 Å². The second-order valence-corrected chi connectivity index (χ2v) is 4.25. The molecule has 0 amide bonds. The average Bonchev–Trinajstić information content (AvgIpc) is 2.37. The van der Waals surface area contributed by atoms with Crippen LogP contribution in [0.1, 0.15) is 25.5 Å². The van der Waals surface area contributed by atoms with E-state index in [-0.39, 0.29) is 12.1 Å². The van der Waals surface area contributed by atoms with E-state index in [1.54, 1.807) is 0 Å². The van der Waals surface area contributed by atoms with Gasteiger partial charge in [0, 0.05) is 6.61 Å². The van der Waals surface area contributed by atoms with Crippen molar-refractivity contribution in [2.75, 3.05) is 6.61 Å². The molecule has 0 bridgehead atoms. The van der Waals surface area contributed by atoms with Crippen LogP contribution in [0.3, 0.4) is 0 Å². The summed E-state index contributed by atoms with van der Waals surface area (Å²) in [6, 6.07) is 14.5. The fraction of sp³-hybridized carbons (Fsp3) is 0.333. The molecule has 0 radical (unpaired) electrons. The molecule has 0 heterocycles. The van der Waals surface area contributed by atoms with Crippen molar-refractivity contribution in [1.82, 2.24) is 0 Å². The molecule has 0 saturated heterocycles. The standard InChI is InChI=1S/C15H19NO/c1-3-17-11(2)15(16)14-10-6-8-12-7-4-5-9-13(12)14/h4-11,15H,3,16H2,1-2H3. The van der Waals surface area contributed by atoms with Crippen molar-refractivity contribution in [2.24, 2.45) is 5.73 Å². The van der Waals surface area contributed by atoms with Gasteiger partial charge in [-0.05, 0) is 30.2 Å². The topological polar surface area (TPSA) is 35.2 Å². The Balaban J connectivity index is 2.41. The van der Waals surface area contributed by atoms with E-state index in [9.17, 15) is 0 Å². The molecule has 2 heteroatoms. The SMILES string of the molecule is CCOC(C)C(N)c1cccc2ccccc12. The van der Waals surface area contributed by atoms with Gasteiger partial charge in [0.15, 0.2) is 0 Å². The van der Waals surface area contributed by atoms with Crippen LogP contribution < -0.4 is 5.73 Å². The molecule has 17 heavy (non-hydrogen) atoms. The highest BCUT2D eigenvalue weighted by Crippen LogP contribution is 2.25. The van der Waals surface area contributed by atoms with Crippen molar-refractivity contribution < 1.29 is 4.74 Å². The zero-order valence-electron chi connectivity index (χ0n) is 10.4. The van der Waals surface area contributed by atoms with Crippen LogP contribution in [-0.4, -0.2) is 12.7 Å². The van der Waals surface area contributed by atoms with Crippen molar-refractivity contribution in [3.63, 3.8) is 0 Å². The van der Waals surface area contributed by atoms with Crippen molar-refractivity contribution in [2.45, 2.75) is 26.0 Å². The minimum atomic E-state index is -0.0824. The molecule has 0 aliphatic carbocycles. The highest BCUT2D eigenvalue weighted by atomic mass is 16.5. The van der Waals surface area contributed by atoms with Crippen molar-refractivity contribution in [3.05, 3.63) is 48.0 Å². The maximum atomic E-state index is 6.27. The summed E-state index contributed by atoms with van der Waals surface area (Å²) in [5.41, 5.74) is 7.42. The lowest BCUT2D eigenvalue weighted by Gasteiger charge is -2.21. The third-order valence-corrected chi connectivity index (χ3v) is 3.12. The normalized spacial score (nSPS) is 14.8. The van der Waals surface area contributed by atoms with Crippen LogP contribution in [0.2, 0.25) is 0 Å². The van der Waals surface area contributed by atoms with Crippen molar-refractivity contribution in [3.8, 4) is 0 Å². The van der Waals surface area contributed by atoms with E-state index < -0.39 is 0 Å². The van der Waals surface area contributed by atoms with Crippen LogP contribution in [0.4, 0.5) is 0 Å². The van der Waals surface area contributed by atoms with Gasteiger partial charge in [0.05, 0.1) is 12.1 Å². The molecule has 2 aromatic carbocycles. The predicted molar refractivity (Wildman–Crippen MR) is 72.0 cm³/mol. The van der Waals surface area contributed by atoms with E-state index in [0.717, 1.165) is 5.56 Å². The summed E-state index contributed by atoms with van der Waals surface area (Å²) in [5.74, 6) is 0. The maximum absolute atomic E-state index is 6.27.